The molecule has 0 aromatic heterocycles. The maximum atomic E-state index is 6.68. The van der Waals surface area contributed by atoms with Gasteiger partial charge in [-0.15, -0.1) is 0 Å². The molecule has 0 saturated carbocycles. The molecule has 11 rings (SSSR count). The summed E-state index contributed by atoms with van der Waals surface area (Å²) in [6, 6.07) is 73.8. The van der Waals surface area contributed by atoms with E-state index in [9.17, 15) is 0 Å². The quantitative estimate of drug-likeness (QED) is 0.175. The lowest BCUT2D eigenvalue weighted by molar-refractivity contribution is 0.434. The van der Waals surface area contributed by atoms with Gasteiger partial charge in [-0.1, -0.05) is 170 Å². The number of benzene rings is 8. The smallest absolute Gasteiger partial charge is 0.132 e. The molecule has 0 amide bonds. The third-order valence-corrected chi connectivity index (χ3v) is 11.8. The van der Waals surface area contributed by atoms with E-state index in [1.54, 1.807) is 0 Å². The molecule has 0 fully saturated rings. The minimum Gasteiger partial charge on any atom is -0.457 e. The lowest BCUT2D eigenvalue weighted by Crippen LogP contribution is -2.39. The number of rotatable bonds is 5. The summed E-state index contributed by atoms with van der Waals surface area (Å²) in [4.78, 5) is 7.75. The first-order valence-electron chi connectivity index (χ1n) is 19.9. The maximum absolute atomic E-state index is 6.68. The molecule has 3 heteroatoms. The Morgan fingerprint density at radius 2 is 0.966 bits per heavy atom. The Morgan fingerprint density at radius 1 is 0.431 bits per heavy atom. The zero-order valence-corrected chi connectivity index (χ0v) is 31.8. The average molecular weight is 743 g/mol. The van der Waals surface area contributed by atoms with E-state index >= 15 is 0 Å². The Hall–Kier alpha value is -7.49. The standard InChI is InChI=1S/C55H38N2O/c1-4-16-38(17-5-1)42-31-35-52-48(36-42)55(46-23-11-14-26-53(46)58-54-27-15-12-24-47(54)55)45-22-10-13-25-51(45)57(52)44-32-28-41(29-33-44)49-34-30-43(39-18-6-2-7-19-39)37-50(56-49)40-20-8-3-9-21-40/h1-29,31-37H,30H2. The highest BCUT2D eigenvalue weighted by atomic mass is 16.5. The molecule has 8 aromatic rings. The van der Waals surface area contributed by atoms with Gasteiger partial charge in [0.1, 0.15) is 11.5 Å². The van der Waals surface area contributed by atoms with Crippen LogP contribution in [0.25, 0.3) is 22.4 Å². The minimum absolute atomic E-state index is 0.629. The van der Waals surface area contributed by atoms with Crippen LogP contribution in [0.4, 0.5) is 17.1 Å². The third-order valence-electron chi connectivity index (χ3n) is 11.8. The van der Waals surface area contributed by atoms with Crippen molar-refractivity contribution in [2.75, 3.05) is 4.90 Å². The summed E-state index contributed by atoms with van der Waals surface area (Å²) >= 11 is 0. The highest BCUT2D eigenvalue weighted by molar-refractivity contribution is 6.15. The summed E-state index contributed by atoms with van der Waals surface area (Å²) < 4.78 is 6.68. The molecule has 3 heterocycles. The van der Waals surface area contributed by atoms with Crippen molar-refractivity contribution in [3.05, 3.63) is 257 Å². The van der Waals surface area contributed by atoms with E-state index in [0.717, 1.165) is 68.6 Å². The molecule has 0 radical (unpaired) electrons. The van der Waals surface area contributed by atoms with E-state index in [0.29, 0.717) is 0 Å². The molecule has 3 nitrogen and oxygen atoms in total. The predicted octanol–water partition coefficient (Wildman–Crippen LogP) is 13.9. The molecule has 0 atom stereocenters. The van der Waals surface area contributed by atoms with Gasteiger partial charge in [0, 0.05) is 22.4 Å². The van der Waals surface area contributed by atoms with E-state index in [2.05, 4.69) is 223 Å². The van der Waals surface area contributed by atoms with Crippen molar-refractivity contribution in [2.24, 2.45) is 4.99 Å². The molecule has 3 aliphatic heterocycles. The van der Waals surface area contributed by atoms with Crippen molar-refractivity contribution >= 4 is 34.0 Å². The number of allylic oxidation sites excluding steroid dienone is 3. The summed E-state index contributed by atoms with van der Waals surface area (Å²) in [7, 11) is 0. The first kappa shape index (κ1) is 33.8. The zero-order valence-electron chi connectivity index (χ0n) is 31.8. The molecule has 1 spiro atoms. The van der Waals surface area contributed by atoms with Gasteiger partial charge in [-0.25, -0.2) is 4.99 Å². The Balaban J connectivity index is 1.08. The van der Waals surface area contributed by atoms with Gasteiger partial charge in [0.05, 0.1) is 28.2 Å². The summed E-state index contributed by atoms with van der Waals surface area (Å²) in [6.45, 7) is 0. The Morgan fingerprint density at radius 3 is 1.64 bits per heavy atom. The predicted molar refractivity (Wildman–Crippen MR) is 238 cm³/mol. The first-order valence-corrected chi connectivity index (χ1v) is 19.9. The number of hydrogen-bond acceptors (Lipinski definition) is 3. The summed E-state index contributed by atoms with van der Waals surface area (Å²) in [6.07, 6.45) is 5.30. The molecule has 0 aliphatic carbocycles. The molecule has 274 valence electrons. The average Bonchev–Trinajstić information content (AvgIpc) is 3.54. The topological polar surface area (TPSA) is 24.8 Å². The van der Waals surface area contributed by atoms with Crippen molar-refractivity contribution in [1.82, 2.24) is 0 Å². The molecule has 0 bridgehead atoms. The van der Waals surface area contributed by atoms with Crippen molar-refractivity contribution in [3.63, 3.8) is 0 Å². The van der Waals surface area contributed by atoms with Gasteiger partial charge in [0.25, 0.3) is 0 Å². The highest BCUT2D eigenvalue weighted by Gasteiger charge is 2.51. The second kappa shape index (κ2) is 13.9. The number of para-hydroxylation sites is 3. The van der Waals surface area contributed by atoms with E-state index < -0.39 is 5.41 Å². The van der Waals surface area contributed by atoms with Gasteiger partial charge < -0.3 is 9.64 Å². The van der Waals surface area contributed by atoms with Gasteiger partial charge in [-0.05, 0) is 93.9 Å². The lowest BCUT2D eigenvalue weighted by Gasteiger charge is -2.48. The second-order valence-electron chi connectivity index (χ2n) is 15.0. The lowest BCUT2D eigenvalue weighted by atomic mass is 9.61. The molecule has 0 unspecified atom stereocenters. The normalized spacial score (nSPS) is 14.7. The fourth-order valence-electron chi connectivity index (χ4n) is 9.17. The van der Waals surface area contributed by atoms with Crippen molar-refractivity contribution < 1.29 is 4.74 Å². The SMILES string of the molecule is C1=C(c2ccccc2)CC=C(c2ccc(N3c4ccccc4C4(c5ccccc5Oc5ccccc54)c4cc(-c5ccccc5)ccc43)cc2)N=C1c1ccccc1. The number of ether oxygens (including phenoxy) is 1. The Labute approximate surface area is 339 Å². The summed E-state index contributed by atoms with van der Waals surface area (Å²) in [5.74, 6) is 1.75. The van der Waals surface area contributed by atoms with Crippen molar-refractivity contribution in [3.8, 4) is 22.6 Å². The molecular weight excluding hydrogens is 705 g/mol. The number of hydrogen-bond donors (Lipinski definition) is 0. The van der Waals surface area contributed by atoms with Crippen LogP contribution in [0.15, 0.2) is 223 Å². The monoisotopic (exact) mass is 742 g/mol. The van der Waals surface area contributed by atoms with Gasteiger partial charge in [0.2, 0.25) is 0 Å². The van der Waals surface area contributed by atoms with Crippen molar-refractivity contribution in [2.45, 2.75) is 11.8 Å². The molecule has 0 N–H and O–H groups in total. The Kier molecular flexibility index (Phi) is 8.11. The number of aliphatic imine (C=N–C) groups is 1. The van der Waals surface area contributed by atoms with Crippen LogP contribution in [-0.2, 0) is 5.41 Å². The van der Waals surface area contributed by atoms with Gasteiger partial charge in [0.15, 0.2) is 0 Å². The molecule has 8 aromatic carbocycles. The number of anilines is 3. The molecular formula is C55H38N2O. The zero-order chi connectivity index (χ0) is 38.5. The van der Waals surface area contributed by atoms with Crippen LogP contribution in [0.3, 0.4) is 0 Å². The molecule has 0 saturated heterocycles. The van der Waals surface area contributed by atoms with Crippen LogP contribution in [-0.4, -0.2) is 5.71 Å². The van der Waals surface area contributed by atoms with Crippen LogP contribution >= 0.6 is 0 Å². The Bertz CT molecular complexity index is 2880. The molecule has 58 heavy (non-hydrogen) atoms. The molecule has 3 aliphatic rings. The largest absolute Gasteiger partial charge is 0.457 e. The van der Waals surface area contributed by atoms with Gasteiger partial charge >= 0.3 is 0 Å². The van der Waals surface area contributed by atoms with Gasteiger partial charge in [-0.3, -0.25) is 0 Å². The van der Waals surface area contributed by atoms with Crippen LogP contribution in [0.1, 0.15) is 45.4 Å². The number of fused-ring (bicyclic) bond motifs is 8. The van der Waals surface area contributed by atoms with E-state index in [1.807, 2.05) is 0 Å². The fourth-order valence-corrected chi connectivity index (χ4v) is 9.17. The van der Waals surface area contributed by atoms with Crippen LogP contribution in [0.5, 0.6) is 11.5 Å². The van der Waals surface area contributed by atoms with E-state index in [-0.39, 0.29) is 0 Å². The second-order valence-corrected chi connectivity index (χ2v) is 15.0. The van der Waals surface area contributed by atoms with Crippen molar-refractivity contribution in [1.29, 1.82) is 0 Å². The summed E-state index contributed by atoms with van der Waals surface area (Å²) in [5.41, 5.74) is 16.3. The highest BCUT2D eigenvalue weighted by Crippen LogP contribution is 2.63. The van der Waals surface area contributed by atoms with Crippen LogP contribution in [0.2, 0.25) is 0 Å². The number of nitrogens with zero attached hydrogens (tertiary/aromatic N) is 2. The van der Waals surface area contributed by atoms with E-state index in [1.165, 1.54) is 33.4 Å². The maximum Gasteiger partial charge on any atom is 0.132 e. The third kappa shape index (κ3) is 5.47. The van der Waals surface area contributed by atoms with Crippen LogP contribution < -0.4 is 9.64 Å². The first-order chi connectivity index (χ1) is 28.8. The summed E-state index contributed by atoms with van der Waals surface area (Å²) in [5, 5.41) is 0. The van der Waals surface area contributed by atoms with Crippen LogP contribution in [0, 0.1) is 0 Å². The van der Waals surface area contributed by atoms with Gasteiger partial charge in [-0.2, -0.15) is 0 Å². The minimum atomic E-state index is -0.629. The fraction of sp³-hybridized carbons (Fsp3) is 0.0364. The van der Waals surface area contributed by atoms with E-state index in [4.69, 9.17) is 9.73 Å².